The summed E-state index contributed by atoms with van der Waals surface area (Å²) in [4.78, 5) is 10.0. The van der Waals surface area contributed by atoms with Crippen molar-refractivity contribution in [3.63, 3.8) is 0 Å². The van der Waals surface area contributed by atoms with Gasteiger partial charge in [-0.15, -0.1) is 6.58 Å². The van der Waals surface area contributed by atoms with Crippen LogP contribution in [0.1, 0.15) is 0 Å². The van der Waals surface area contributed by atoms with Gasteiger partial charge in [0.1, 0.15) is 0 Å². The lowest BCUT2D eigenvalue weighted by Gasteiger charge is -1.85. The van der Waals surface area contributed by atoms with Crippen molar-refractivity contribution >= 4 is 38.7 Å². The van der Waals surface area contributed by atoms with E-state index < -0.39 is 0 Å². The Balaban J connectivity index is 2.93. The molecule has 0 aliphatic heterocycles. The Morgan fingerprint density at radius 1 is 1.88 bits per heavy atom. The maximum atomic E-state index is 10.0. The lowest BCUT2D eigenvalue weighted by Crippen LogP contribution is -1.66. The number of hydrogen-bond acceptors (Lipinski definition) is 3. The molecule has 0 heterocycles. The van der Waals surface area contributed by atoms with E-state index in [0.29, 0.717) is 0 Å². The zero-order valence-corrected chi connectivity index (χ0v) is 6.57. The SMILES string of the molecule is C=CCSSC(=O)[S]. The molecule has 0 aromatic carbocycles. The Labute approximate surface area is 62.1 Å². The van der Waals surface area contributed by atoms with Gasteiger partial charge in [-0.05, 0) is 23.4 Å². The minimum absolute atomic E-state index is 0.267. The van der Waals surface area contributed by atoms with E-state index in [2.05, 4.69) is 19.2 Å². The molecular weight excluding hydrogens is 160 g/mol. The van der Waals surface area contributed by atoms with Crippen molar-refractivity contribution in [3.8, 4) is 0 Å². The molecule has 8 heavy (non-hydrogen) atoms. The Hall–Kier alpha value is 0.330. The largest absolute Gasteiger partial charge is 0.286 e. The van der Waals surface area contributed by atoms with Crippen LogP contribution in [0.5, 0.6) is 0 Å². The van der Waals surface area contributed by atoms with Gasteiger partial charge in [-0.25, -0.2) is 0 Å². The summed E-state index contributed by atoms with van der Waals surface area (Å²) in [5, 5.41) is 0. The molecule has 0 amide bonds. The fourth-order valence-corrected chi connectivity index (χ4v) is 1.61. The van der Waals surface area contributed by atoms with E-state index >= 15 is 0 Å². The third-order valence-corrected chi connectivity index (χ3v) is 2.72. The average Bonchev–Trinajstić information content (AvgIpc) is 1.66. The van der Waals surface area contributed by atoms with Gasteiger partial charge in [0.05, 0.1) is 0 Å². The number of carbonyl (C=O) groups is 1. The molecular formula is C4H5OS3. The van der Waals surface area contributed by atoms with Crippen LogP contribution in [0.15, 0.2) is 12.7 Å². The highest BCUT2D eigenvalue weighted by atomic mass is 33.1. The second-order valence-electron chi connectivity index (χ2n) is 0.907. The molecule has 0 aliphatic rings. The molecule has 0 N–H and O–H groups in total. The molecule has 45 valence electrons. The summed E-state index contributed by atoms with van der Waals surface area (Å²) in [6.07, 6.45) is 1.73. The van der Waals surface area contributed by atoms with Crippen molar-refractivity contribution in [3.05, 3.63) is 12.7 Å². The van der Waals surface area contributed by atoms with E-state index in [1.54, 1.807) is 6.08 Å². The van der Waals surface area contributed by atoms with Crippen molar-refractivity contribution < 1.29 is 4.79 Å². The van der Waals surface area contributed by atoms with Gasteiger partial charge in [-0.1, -0.05) is 16.9 Å². The zero-order valence-electron chi connectivity index (χ0n) is 4.12. The van der Waals surface area contributed by atoms with Gasteiger partial charge < -0.3 is 0 Å². The summed E-state index contributed by atoms with van der Waals surface area (Å²) in [5.74, 6) is 0.771. The normalized spacial score (nSPS) is 8.50. The summed E-state index contributed by atoms with van der Waals surface area (Å²) in [7, 11) is 2.48. The lowest BCUT2D eigenvalue weighted by atomic mass is 10.8. The number of carbonyl (C=O) groups excluding carboxylic acids is 1. The fourth-order valence-electron chi connectivity index (χ4n) is 0.130. The molecule has 0 saturated heterocycles. The Morgan fingerprint density at radius 3 is 2.88 bits per heavy atom. The molecule has 0 bridgehead atoms. The summed E-state index contributed by atoms with van der Waals surface area (Å²) < 4.78 is -0.267. The third kappa shape index (κ3) is 6.33. The van der Waals surface area contributed by atoms with Gasteiger partial charge in [0.15, 0.2) is 0 Å². The highest BCUT2D eigenvalue weighted by Crippen LogP contribution is 2.23. The quantitative estimate of drug-likeness (QED) is 0.363. The predicted octanol–water partition coefficient (Wildman–Crippen LogP) is 2.87. The summed E-state index contributed by atoms with van der Waals surface area (Å²) in [6.45, 7) is 3.48. The molecule has 0 aromatic rings. The first kappa shape index (κ1) is 8.33. The average molecular weight is 165 g/mol. The number of rotatable bonds is 3. The van der Waals surface area contributed by atoms with Crippen molar-refractivity contribution in [1.29, 1.82) is 0 Å². The summed E-state index contributed by atoms with van der Waals surface area (Å²) in [6, 6.07) is 0. The van der Waals surface area contributed by atoms with Gasteiger partial charge in [0, 0.05) is 5.75 Å². The van der Waals surface area contributed by atoms with Gasteiger partial charge in [-0.3, -0.25) is 4.79 Å². The molecule has 1 radical (unpaired) electrons. The molecule has 1 nitrogen and oxygen atoms in total. The van der Waals surface area contributed by atoms with E-state index in [0.717, 1.165) is 16.5 Å². The highest BCUT2D eigenvalue weighted by Gasteiger charge is 1.92. The van der Waals surface area contributed by atoms with E-state index in [1.165, 1.54) is 10.8 Å². The molecule has 0 aromatic heterocycles. The monoisotopic (exact) mass is 165 g/mol. The van der Waals surface area contributed by atoms with Gasteiger partial charge in [0.2, 0.25) is 0 Å². The van der Waals surface area contributed by atoms with Crippen LogP contribution in [-0.2, 0) is 0 Å². The van der Waals surface area contributed by atoms with Crippen molar-refractivity contribution in [2.75, 3.05) is 5.75 Å². The van der Waals surface area contributed by atoms with Crippen molar-refractivity contribution in [1.82, 2.24) is 0 Å². The molecule has 0 aliphatic carbocycles. The van der Waals surface area contributed by atoms with Crippen LogP contribution in [0.3, 0.4) is 0 Å². The maximum absolute atomic E-state index is 10.0. The minimum Gasteiger partial charge on any atom is -0.268 e. The molecule has 0 fully saturated rings. The van der Waals surface area contributed by atoms with Crippen molar-refractivity contribution in [2.24, 2.45) is 0 Å². The van der Waals surface area contributed by atoms with E-state index in [-0.39, 0.29) is 4.45 Å². The van der Waals surface area contributed by atoms with Gasteiger partial charge in [0.25, 0.3) is 4.45 Å². The van der Waals surface area contributed by atoms with Crippen LogP contribution in [0.4, 0.5) is 4.79 Å². The Bertz CT molecular complexity index is 91.3. The first-order valence-electron chi connectivity index (χ1n) is 1.88. The third-order valence-electron chi connectivity index (χ3n) is 0.313. The molecule has 0 spiro atoms. The Kier molecular flexibility index (Phi) is 5.69. The van der Waals surface area contributed by atoms with E-state index in [4.69, 9.17) is 0 Å². The topological polar surface area (TPSA) is 17.1 Å². The van der Waals surface area contributed by atoms with E-state index in [1.807, 2.05) is 0 Å². The highest BCUT2D eigenvalue weighted by molar-refractivity contribution is 8.85. The zero-order chi connectivity index (χ0) is 6.41. The van der Waals surface area contributed by atoms with Crippen LogP contribution < -0.4 is 0 Å². The molecule has 0 saturated carbocycles. The van der Waals surface area contributed by atoms with Crippen LogP contribution in [-0.4, -0.2) is 10.2 Å². The summed E-state index contributed by atoms with van der Waals surface area (Å²) in [5.41, 5.74) is 0. The van der Waals surface area contributed by atoms with Crippen molar-refractivity contribution in [2.45, 2.75) is 0 Å². The van der Waals surface area contributed by atoms with Crippen LogP contribution in [0.2, 0.25) is 0 Å². The molecule has 4 heteroatoms. The van der Waals surface area contributed by atoms with Crippen LogP contribution >= 0.6 is 34.2 Å². The first-order chi connectivity index (χ1) is 3.77. The summed E-state index contributed by atoms with van der Waals surface area (Å²) >= 11 is 4.26. The predicted molar refractivity (Wildman–Crippen MR) is 43.2 cm³/mol. The standard InChI is InChI=1S/C4H5OS3/c1-2-3-7-8-4(5)6/h2H,1,3H2. The smallest absolute Gasteiger partial charge is 0.268 e. The van der Waals surface area contributed by atoms with E-state index in [9.17, 15) is 4.79 Å². The second-order valence-corrected chi connectivity index (χ2v) is 3.85. The van der Waals surface area contributed by atoms with Gasteiger partial charge in [-0.2, -0.15) is 0 Å². The van der Waals surface area contributed by atoms with Crippen LogP contribution in [0, 0.1) is 0 Å². The Morgan fingerprint density at radius 2 is 2.50 bits per heavy atom. The first-order valence-corrected chi connectivity index (χ1v) is 4.61. The van der Waals surface area contributed by atoms with Gasteiger partial charge >= 0.3 is 0 Å². The molecule has 0 rings (SSSR count). The lowest BCUT2D eigenvalue weighted by molar-refractivity contribution is 0.277. The second kappa shape index (κ2) is 5.47. The number of hydrogen-bond donors (Lipinski definition) is 0. The fraction of sp³-hybridized carbons (Fsp3) is 0.250. The molecule has 0 atom stereocenters. The minimum atomic E-state index is -0.267. The molecule has 0 unspecified atom stereocenters. The van der Waals surface area contributed by atoms with Crippen LogP contribution in [0.25, 0.3) is 0 Å². The maximum Gasteiger partial charge on any atom is 0.286 e.